The van der Waals surface area contributed by atoms with Gasteiger partial charge >= 0.3 is 0 Å². The van der Waals surface area contributed by atoms with E-state index >= 15 is 0 Å². The molecule has 3 heteroatoms. The molecule has 1 N–H and O–H groups in total. The number of hydrogen-bond donors (Lipinski definition) is 1. The molecule has 1 atom stereocenters. The van der Waals surface area contributed by atoms with Crippen molar-refractivity contribution in [3.8, 4) is 0 Å². The number of nitrogens with zero attached hydrogens (tertiary/aromatic N) is 1. The summed E-state index contributed by atoms with van der Waals surface area (Å²) in [6.45, 7) is 5.73. The minimum absolute atomic E-state index is 0.0815. The summed E-state index contributed by atoms with van der Waals surface area (Å²) in [5.41, 5.74) is 1.20. The van der Waals surface area contributed by atoms with Crippen LogP contribution in [0, 0.1) is 0 Å². The number of benzene rings is 1. The molecule has 0 radical (unpaired) electrons. The lowest BCUT2D eigenvalue weighted by molar-refractivity contribution is 0.331. The van der Waals surface area contributed by atoms with Crippen LogP contribution in [-0.2, 0) is 0 Å². The van der Waals surface area contributed by atoms with Gasteiger partial charge in [-0.05, 0) is 51.0 Å². The second kappa shape index (κ2) is 7.78. The molecule has 0 spiro atoms. The van der Waals surface area contributed by atoms with Crippen LogP contribution in [-0.4, -0.2) is 37.6 Å². The van der Waals surface area contributed by atoms with Gasteiger partial charge < -0.3 is 10.2 Å². The molecule has 0 saturated carbocycles. The molecule has 0 aromatic heterocycles. The van der Waals surface area contributed by atoms with Crippen LogP contribution in [0.3, 0.4) is 0 Å². The quantitative estimate of drug-likeness (QED) is 0.603. The van der Waals surface area contributed by atoms with Crippen molar-refractivity contribution in [2.45, 2.75) is 24.6 Å². The number of alkyl halides is 1. The van der Waals surface area contributed by atoms with Crippen LogP contribution < -0.4 is 5.32 Å². The van der Waals surface area contributed by atoms with Crippen molar-refractivity contribution in [3.63, 3.8) is 0 Å². The van der Waals surface area contributed by atoms with E-state index in [2.05, 4.69) is 22.3 Å². The Morgan fingerprint density at radius 3 is 2.61 bits per heavy atom. The van der Waals surface area contributed by atoms with Gasteiger partial charge in [-0.2, -0.15) is 0 Å². The molecule has 0 amide bonds. The topological polar surface area (TPSA) is 15.3 Å². The van der Waals surface area contributed by atoms with E-state index in [0.29, 0.717) is 0 Å². The van der Waals surface area contributed by atoms with Crippen LogP contribution in [0.2, 0.25) is 0 Å². The summed E-state index contributed by atoms with van der Waals surface area (Å²) in [5.74, 6) is 0. The summed E-state index contributed by atoms with van der Waals surface area (Å²) in [4.78, 5) is 2.55. The molecule has 0 aliphatic carbocycles. The highest BCUT2D eigenvalue weighted by atomic mass is 35.5. The fourth-order valence-corrected chi connectivity index (χ4v) is 2.70. The molecule has 2 rings (SSSR count). The first-order valence-electron chi connectivity index (χ1n) is 6.98. The summed E-state index contributed by atoms with van der Waals surface area (Å²) >= 11 is 6.34. The van der Waals surface area contributed by atoms with Crippen LogP contribution in [0.1, 0.15) is 30.2 Å². The Balaban J connectivity index is 1.55. The van der Waals surface area contributed by atoms with Gasteiger partial charge in [0.05, 0.1) is 5.38 Å². The summed E-state index contributed by atoms with van der Waals surface area (Å²) in [5, 5.41) is 3.53. The maximum Gasteiger partial charge on any atom is 0.0709 e. The van der Waals surface area contributed by atoms with Crippen molar-refractivity contribution in [2.75, 3.05) is 32.7 Å². The van der Waals surface area contributed by atoms with Crippen molar-refractivity contribution in [1.82, 2.24) is 10.2 Å². The molecule has 1 heterocycles. The highest BCUT2D eigenvalue weighted by molar-refractivity contribution is 6.21. The van der Waals surface area contributed by atoms with Crippen LogP contribution in [0.5, 0.6) is 0 Å². The molecule has 100 valence electrons. The first-order chi connectivity index (χ1) is 8.86. The van der Waals surface area contributed by atoms with Gasteiger partial charge in [0.1, 0.15) is 0 Å². The molecule has 1 aliphatic heterocycles. The Bertz CT molecular complexity index is 323. The van der Waals surface area contributed by atoms with Crippen molar-refractivity contribution >= 4 is 11.6 Å². The Morgan fingerprint density at radius 2 is 1.89 bits per heavy atom. The van der Waals surface area contributed by atoms with E-state index in [9.17, 15) is 0 Å². The molecule has 0 bridgehead atoms. The zero-order valence-corrected chi connectivity index (χ0v) is 11.7. The summed E-state index contributed by atoms with van der Waals surface area (Å²) in [6.07, 6.45) is 3.98. The molecule has 1 aliphatic rings. The molecule has 1 aromatic carbocycles. The maximum absolute atomic E-state index is 6.34. The third-order valence-electron chi connectivity index (χ3n) is 3.51. The molecule has 1 saturated heterocycles. The van der Waals surface area contributed by atoms with Crippen LogP contribution in [0.25, 0.3) is 0 Å². The van der Waals surface area contributed by atoms with Crippen molar-refractivity contribution in [1.29, 1.82) is 0 Å². The lowest BCUT2D eigenvalue weighted by Gasteiger charge is -2.15. The molecule has 1 unspecified atom stereocenters. The molecule has 1 fully saturated rings. The fraction of sp³-hybridized carbons (Fsp3) is 0.600. The van der Waals surface area contributed by atoms with Gasteiger partial charge in [0, 0.05) is 6.54 Å². The molecule has 18 heavy (non-hydrogen) atoms. The van der Waals surface area contributed by atoms with Crippen molar-refractivity contribution in [3.05, 3.63) is 35.9 Å². The van der Waals surface area contributed by atoms with Gasteiger partial charge in [0.2, 0.25) is 0 Å². The van der Waals surface area contributed by atoms with Crippen LogP contribution in [0.15, 0.2) is 30.3 Å². The SMILES string of the molecule is ClC(CNCCCN1CCCC1)c1ccccc1. The molecule has 1 aromatic rings. The van der Waals surface area contributed by atoms with Crippen molar-refractivity contribution < 1.29 is 0 Å². The monoisotopic (exact) mass is 266 g/mol. The summed E-state index contributed by atoms with van der Waals surface area (Å²) in [6, 6.07) is 10.3. The second-order valence-corrected chi connectivity index (χ2v) is 5.51. The lowest BCUT2D eigenvalue weighted by atomic mass is 10.1. The fourth-order valence-electron chi connectivity index (χ4n) is 2.44. The van der Waals surface area contributed by atoms with Gasteiger partial charge in [-0.3, -0.25) is 0 Å². The van der Waals surface area contributed by atoms with Crippen LogP contribution >= 0.6 is 11.6 Å². The standard InChI is InChI=1S/C15H23ClN2/c16-15(14-7-2-1-3-8-14)13-17-9-6-12-18-10-4-5-11-18/h1-3,7-8,15,17H,4-6,9-13H2. The van der Waals surface area contributed by atoms with Gasteiger partial charge in [-0.1, -0.05) is 30.3 Å². The Morgan fingerprint density at radius 1 is 1.17 bits per heavy atom. The van der Waals surface area contributed by atoms with Gasteiger partial charge in [-0.15, -0.1) is 11.6 Å². The maximum atomic E-state index is 6.34. The molecular formula is C15H23ClN2. The molecule has 2 nitrogen and oxygen atoms in total. The second-order valence-electron chi connectivity index (χ2n) is 4.98. The predicted molar refractivity (Wildman–Crippen MR) is 78.2 cm³/mol. The average molecular weight is 267 g/mol. The normalized spacial score (nSPS) is 18.1. The van der Waals surface area contributed by atoms with Gasteiger partial charge in [0.15, 0.2) is 0 Å². The van der Waals surface area contributed by atoms with E-state index < -0.39 is 0 Å². The number of rotatable bonds is 7. The number of likely N-dealkylation sites (tertiary alicyclic amines) is 1. The minimum Gasteiger partial charge on any atom is -0.315 e. The number of halogens is 1. The van der Waals surface area contributed by atoms with E-state index in [-0.39, 0.29) is 5.38 Å². The highest BCUT2D eigenvalue weighted by Crippen LogP contribution is 2.18. The van der Waals surface area contributed by atoms with Gasteiger partial charge in [0.25, 0.3) is 0 Å². The molecular weight excluding hydrogens is 244 g/mol. The smallest absolute Gasteiger partial charge is 0.0709 e. The Hall–Kier alpha value is -0.570. The summed E-state index contributed by atoms with van der Waals surface area (Å²) in [7, 11) is 0. The third kappa shape index (κ3) is 4.60. The van der Waals surface area contributed by atoms with E-state index in [1.165, 1.54) is 44.5 Å². The number of nitrogens with one attached hydrogen (secondary N) is 1. The zero-order valence-electron chi connectivity index (χ0n) is 10.9. The largest absolute Gasteiger partial charge is 0.315 e. The van der Waals surface area contributed by atoms with Crippen LogP contribution in [0.4, 0.5) is 0 Å². The third-order valence-corrected chi connectivity index (χ3v) is 3.92. The van der Waals surface area contributed by atoms with E-state index in [0.717, 1.165) is 13.1 Å². The van der Waals surface area contributed by atoms with Gasteiger partial charge in [-0.25, -0.2) is 0 Å². The first-order valence-corrected chi connectivity index (χ1v) is 7.42. The Labute approximate surface area is 115 Å². The predicted octanol–water partition coefficient (Wildman–Crippen LogP) is 3.04. The van der Waals surface area contributed by atoms with E-state index in [4.69, 9.17) is 11.6 Å². The zero-order chi connectivity index (χ0) is 12.6. The van der Waals surface area contributed by atoms with Crippen molar-refractivity contribution in [2.24, 2.45) is 0 Å². The minimum atomic E-state index is 0.0815. The number of hydrogen-bond acceptors (Lipinski definition) is 2. The lowest BCUT2D eigenvalue weighted by Crippen LogP contribution is -2.26. The van der Waals surface area contributed by atoms with E-state index in [1.54, 1.807) is 0 Å². The van der Waals surface area contributed by atoms with E-state index in [1.807, 2.05) is 18.2 Å². The highest BCUT2D eigenvalue weighted by Gasteiger charge is 2.10. The Kier molecular flexibility index (Phi) is 5.98. The first kappa shape index (κ1) is 13.9. The average Bonchev–Trinajstić information content (AvgIpc) is 2.92. The summed E-state index contributed by atoms with van der Waals surface area (Å²) < 4.78 is 0.